The van der Waals surface area contributed by atoms with E-state index in [1.54, 1.807) is 13.0 Å². The van der Waals surface area contributed by atoms with E-state index in [9.17, 15) is 12.8 Å². The first-order valence-electron chi connectivity index (χ1n) is 5.33. The highest BCUT2D eigenvalue weighted by Crippen LogP contribution is 2.10. The van der Waals surface area contributed by atoms with Crippen LogP contribution in [0.1, 0.15) is 25.6 Å². The Labute approximate surface area is 101 Å². The zero-order valence-corrected chi connectivity index (χ0v) is 11.0. The molecule has 0 bridgehead atoms. The molecule has 2 unspecified atom stereocenters. The molecule has 0 saturated heterocycles. The van der Waals surface area contributed by atoms with Gasteiger partial charge >= 0.3 is 0 Å². The highest BCUT2D eigenvalue weighted by Gasteiger charge is 2.14. The van der Waals surface area contributed by atoms with E-state index in [1.807, 2.05) is 6.92 Å². The lowest BCUT2D eigenvalue weighted by atomic mass is 10.2. The molecule has 0 amide bonds. The number of nitrogens with one attached hydrogen (secondary N) is 1. The van der Waals surface area contributed by atoms with Crippen LogP contribution in [0.4, 0.5) is 4.39 Å². The van der Waals surface area contributed by atoms with E-state index in [0.29, 0.717) is 5.69 Å². The molecule has 1 rings (SSSR count). The van der Waals surface area contributed by atoms with Gasteiger partial charge in [0.05, 0.1) is 17.6 Å². The smallest absolute Gasteiger partial charge is 0.148 e. The van der Waals surface area contributed by atoms with Crippen LogP contribution in [-0.2, 0) is 9.84 Å². The molecule has 0 aliphatic carbocycles. The van der Waals surface area contributed by atoms with Crippen LogP contribution in [-0.4, -0.2) is 31.5 Å². The average molecular weight is 260 g/mol. The van der Waals surface area contributed by atoms with Crippen LogP contribution >= 0.6 is 0 Å². The number of rotatable bonds is 5. The molecule has 1 heterocycles. The summed E-state index contributed by atoms with van der Waals surface area (Å²) in [6, 6.07) is 2.63. The Morgan fingerprint density at radius 2 is 2.06 bits per heavy atom. The molecular weight excluding hydrogens is 243 g/mol. The van der Waals surface area contributed by atoms with Crippen LogP contribution in [0.2, 0.25) is 0 Å². The maximum Gasteiger partial charge on any atom is 0.148 e. The van der Waals surface area contributed by atoms with Crippen LogP contribution in [0.3, 0.4) is 0 Å². The van der Waals surface area contributed by atoms with Gasteiger partial charge in [-0.25, -0.2) is 12.8 Å². The van der Waals surface area contributed by atoms with Crippen molar-refractivity contribution in [1.29, 1.82) is 0 Å². The van der Waals surface area contributed by atoms with Crippen LogP contribution in [0, 0.1) is 5.82 Å². The second-order valence-corrected chi connectivity index (χ2v) is 6.47. The zero-order chi connectivity index (χ0) is 13.1. The molecule has 17 heavy (non-hydrogen) atoms. The van der Waals surface area contributed by atoms with Gasteiger partial charge in [-0.2, -0.15) is 0 Å². The maximum atomic E-state index is 12.7. The Morgan fingerprint density at radius 3 is 2.53 bits per heavy atom. The van der Waals surface area contributed by atoms with Gasteiger partial charge in [-0.1, -0.05) is 0 Å². The molecule has 2 atom stereocenters. The molecule has 0 aromatic carbocycles. The summed E-state index contributed by atoms with van der Waals surface area (Å²) in [4.78, 5) is 3.94. The molecular formula is C11H17FN2O2S. The molecule has 0 aliphatic rings. The third kappa shape index (κ3) is 5.23. The van der Waals surface area contributed by atoms with E-state index >= 15 is 0 Å². The summed E-state index contributed by atoms with van der Waals surface area (Å²) in [5.74, 6) is -0.316. The first kappa shape index (κ1) is 14.1. The fourth-order valence-electron chi connectivity index (χ4n) is 1.66. The molecule has 0 spiro atoms. The van der Waals surface area contributed by atoms with E-state index in [4.69, 9.17) is 0 Å². The van der Waals surface area contributed by atoms with Crippen molar-refractivity contribution in [3.8, 4) is 0 Å². The van der Waals surface area contributed by atoms with E-state index in [-0.39, 0.29) is 23.7 Å². The summed E-state index contributed by atoms with van der Waals surface area (Å²) in [5, 5.41) is 3.11. The van der Waals surface area contributed by atoms with E-state index in [1.165, 1.54) is 12.3 Å². The average Bonchev–Trinajstić information content (AvgIpc) is 2.15. The Bertz CT molecular complexity index is 459. The lowest BCUT2D eigenvalue weighted by Gasteiger charge is -2.18. The maximum absolute atomic E-state index is 12.7. The molecule has 1 aromatic heterocycles. The third-order valence-electron chi connectivity index (χ3n) is 2.28. The summed E-state index contributed by atoms with van der Waals surface area (Å²) >= 11 is 0. The molecule has 6 heteroatoms. The molecule has 0 saturated carbocycles. The standard InChI is InChI=1S/C11H17FN2O2S/c1-8(7-17(3,15)16)14-9(2)11-5-4-10(12)6-13-11/h4-6,8-9,14H,7H2,1-3H3. The summed E-state index contributed by atoms with van der Waals surface area (Å²) in [5.41, 5.74) is 0.687. The van der Waals surface area contributed by atoms with E-state index in [0.717, 1.165) is 6.20 Å². The SMILES string of the molecule is CC(CS(C)(=O)=O)NC(C)c1ccc(F)cn1. The summed E-state index contributed by atoms with van der Waals surface area (Å²) in [6.07, 6.45) is 2.35. The quantitative estimate of drug-likeness (QED) is 0.867. The van der Waals surface area contributed by atoms with E-state index < -0.39 is 9.84 Å². The number of sulfone groups is 1. The summed E-state index contributed by atoms with van der Waals surface area (Å²) < 4.78 is 34.9. The molecule has 0 fully saturated rings. The van der Waals surface area contributed by atoms with Crippen molar-refractivity contribution in [3.63, 3.8) is 0 Å². The lowest BCUT2D eigenvalue weighted by molar-refractivity contribution is 0.491. The minimum atomic E-state index is -3.00. The van der Waals surface area contributed by atoms with E-state index in [2.05, 4.69) is 10.3 Å². The fourth-order valence-corrected chi connectivity index (χ4v) is 2.66. The van der Waals surface area contributed by atoms with Crippen molar-refractivity contribution in [2.45, 2.75) is 25.9 Å². The van der Waals surface area contributed by atoms with Gasteiger partial charge in [-0.15, -0.1) is 0 Å². The second-order valence-electron chi connectivity index (χ2n) is 4.28. The van der Waals surface area contributed by atoms with Crippen LogP contribution in [0.25, 0.3) is 0 Å². The van der Waals surface area contributed by atoms with Crippen LogP contribution in [0.5, 0.6) is 0 Å². The minimum absolute atomic E-state index is 0.0680. The molecule has 0 radical (unpaired) electrons. The molecule has 96 valence electrons. The minimum Gasteiger partial charge on any atom is -0.305 e. The van der Waals surface area contributed by atoms with Gasteiger partial charge in [0.15, 0.2) is 0 Å². The molecule has 1 aromatic rings. The largest absolute Gasteiger partial charge is 0.305 e. The highest BCUT2D eigenvalue weighted by molar-refractivity contribution is 7.90. The van der Waals surface area contributed by atoms with Crippen molar-refractivity contribution in [3.05, 3.63) is 29.8 Å². The van der Waals surface area contributed by atoms with Gasteiger partial charge in [0.25, 0.3) is 0 Å². The van der Waals surface area contributed by atoms with Gasteiger partial charge < -0.3 is 5.32 Å². The van der Waals surface area contributed by atoms with Crippen molar-refractivity contribution in [2.24, 2.45) is 0 Å². The van der Waals surface area contributed by atoms with Crippen molar-refractivity contribution in [2.75, 3.05) is 12.0 Å². The number of pyridine rings is 1. The first-order valence-corrected chi connectivity index (χ1v) is 7.39. The zero-order valence-electron chi connectivity index (χ0n) is 10.1. The number of hydrogen-bond acceptors (Lipinski definition) is 4. The molecule has 0 aliphatic heterocycles. The predicted molar refractivity (Wildman–Crippen MR) is 64.9 cm³/mol. The fraction of sp³-hybridized carbons (Fsp3) is 0.545. The van der Waals surface area contributed by atoms with Gasteiger partial charge in [0, 0.05) is 18.3 Å². The van der Waals surface area contributed by atoms with Crippen molar-refractivity contribution in [1.82, 2.24) is 10.3 Å². The Morgan fingerprint density at radius 1 is 1.41 bits per heavy atom. The normalized spacial score (nSPS) is 15.5. The highest BCUT2D eigenvalue weighted by atomic mass is 32.2. The number of nitrogens with zero attached hydrogens (tertiary/aromatic N) is 1. The van der Waals surface area contributed by atoms with Gasteiger partial charge in [0.1, 0.15) is 15.7 Å². The Hall–Kier alpha value is -1.01. The van der Waals surface area contributed by atoms with Crippen LogP contribution < -0.4 is 5.32 Å². The van der Waals surface area contributed by atoms with Gasteiger partial charge in [0.2, 0.25) is 0 Å². The summed E-state index contributed by atoms with van der Waals surface area (Å²) in [7, 11) is -3.00. The number of halogens is 1. The Kier molecular flexibility index (Phi) is 4.59. The predicted octanol–water partition coefficient (Wildman–Crippen LogP) is 1.30. The number of hydrogen-bond donors (Lipinski definition) is 1. The lowest BCUT2D eigenvalue weighted by Crippen LogP contribution is -2.34. The monoisotopic (exact) mass is 260 g/mol. The molecule has 4 nitrogen and oxygen atoms in total. The van der Waals surface area contributed by atoms with Gasteiger partial charge in [-0.3, -0.25) is 4.98 Å². The Balaban J connectivity index is 2.60. The summed E-state index contributed by atoms with van der Waals surface area (Å²) in [6.45, 7) is 3.65. The second kappa shape index (κ2) is 5.55. The van der Waals surface area contributed by atoms with Gasteiger partial charge in [-0.05, 0) is 26.0 Å². The number of aromatic nitrogens is 1. The van der Waals surface area contributed by atoms with Crippen molar-refractivity contribution >= 4 is 9.84 Å². The third-order valence-corrected chi connectivity index (χ3v) is 3.39. The molecule has 1 N–H and O–H groups in total. The van der Waals surface area contributed by atoms with Crippen LogP contribution in [0.15, 0.2) is 18.3 Å². The van der Waals surface area contributed by atoms with Crippen molar-refractivity contribution < 1.29 is 12.8 Å². The topological polar surface area (TPSA) is 59.1 Å². The first-order chi connectivity index (χ1) is 7.78.